The van der Waals surface area contributed by atoms with Gasteiger partial charge in [0.25, 0.3) is 0 Å². The largest absolute Gasteiger partial charge is 0.508 e. The quantitative estimate of drug-likeness (QED) is 0.150. The number of aromatic nitrogens is 3. The van der Waals surface area contributed by atoms with Crippen LogP contribution in [0.3, 0.4) is 0 Å². The number of ketones is 1. The predicted octanol–water partition coefficient (Wildman–Crippen LogP) is 4.82. The molecule has 0 amide bonds. The van der Waals surface area contributed by atoms with Crippen molar-refractivity contribution in [3.63, 3.8) is 0 Å². The molecular formula is C28H25ClFN7O3. The van der Waals surface area contributed by atoms with E-state index in [-0.39, 0.29) is 29.7 Å². The van der Waals surface area contributed by atoms with E-state index in [1.54, 1.807) is 59.6 Å². The van der Waals surface area contributed by atoms with Crippen molar-refractivity contribution in [2.75, 3.05) is 41.9 Å². The number of halogens is 2. The number of aromatic hydroxyl groups is 1. The molecule has 3 heterocycles. The zero-order valence-corrected chi connectivity index (χ0v) is 22.0. The third kappa shape index (κ3) is 6.87. The summed E-state index contributed by atoms with van der Waals surface area (Å²) in [7, 11) is 0. The molecule has 0 aliphatic carbocycles. The summed E-state index contributed by atoms with van der Waals surface area (Å²) in [4.78, 5) is 27.0. The molecule has 0 spiro atoms. The van der Waals surface area contributed by atoms with Gasteiger partial charge in [0.1, 0.15) is 5.75 Å². The third-order valence-corrected chi connectivity index (χ3v) is 6.33. The molecule has 40 heavy (non-hydrogen) atoms. The van der Waals surface area contributed by atoms with Gasteiger partial charge >= 0.3 is 0 Å². The number of nitrogens with one attached hydrogen (secondary N) is 2. The summed E-state index contributed by atoms with van der Waals surface area (Å²) in [5.41, 5.74) is 5.77. The van der Waals surface area contributed by atoms with Crippen molar-refractivity contribution >= 4 is 46.7 Å². The second-order valence-electron chi connectivity index (χ2n) is 8.90. The van der Waals surface area contributed by atoms with E-state index in [0.717, 1.165) is 6.20 Å². The highest BCUT2D eigenvalue weighted by atomic mass is 35.5. The molecule has 2 aromatic heterocycles. The van der Waals surface area contributed by atoms with Crippen molar-refractivity contribution in [3.8, 4) is 5.75 Å². The summed E-state index contributed by atoms with van der Waals surface area (Å²) < 4.78 is 19.5. The van der Waals surface area contributed by atoms with Crippen molar-refractivity contribution in [1.29, 1.82) is 0 Å². The molecule has 1 aliphatic heterocycles. The van der Waals surface area contributed by atoms with E-state index in [0.29, 0.717) is 59.5 Å². The molecule has 0 radical (unpaired) electrons. The molecule has 5 rings (SSSR count). The van der Waals surface area contributed by atoms with Gasteiger partial charge in [-0.15, -0.1) is 0 Å². The molecular weight excluding hydrogens is 537 g/mol. The highest BCUT2D eigenvalue weighted by molar-refractivity contribution is 6.34. The Morgan fingerprint density at radius 2 is 1.93 bits per heavy atom. The average molecular weight is 562 g/mol. The Morgan fingerprint density at radius 3 is 2.67 bits per heavy atom. The second-order valence-corrected chi connectivity index (χ2v) is 9.30. The zero-order chi connectivity index (χ0) is 27.9. The molecule has 1 aliphatic rings. The number of pyridine rings is 1. The van der Waals surface area contributed by atoms with Crippen molar-refractivity contribution in [2.45, 2.75) is 6.42 Å². The number of anilines is 4. The molecule has 0 bridgehead atoms. The Balaban J connectivity index is 1.17. The first-order valence-corrected chi connectivity index (χ1v) is 12.8. The molecule has 0 saturated carbocycles. The maximum Gasteiger partial charge on any atom is 0.245 e. The molecule has 0 unspecified atom stereocenters. The third-order valence-electron chi connectivity index (χ3n) is 6.02. The van der Waals surface area contributed by atoms with Gasteiger partial charge in [0, 0.05) is 30.8 Å². The van der Waals surface area contributed by atoms with Crippen molar-refractivity contribution in [3.05, 3.63) is 94.7 Å². The number of hydrogen-bond donors (Lipinski definition) is 3. The monoisotopic (exact) mass is 561 g/mol. The van der Waals surface area contributed by atoms with Crippen LogP contribution in [0.1, 0.15) is 21.6 Å². The number of morpholine rings is 1. The number of hydrazone groups is 1. The van der Waals surface area contributed by atoms with Gasteiger partial charge in [-0.2, -0.15) is 10.1 Å². The number of carbonyl (C=O) groups is 1. The summed E-state index contributed by atoms with van der Waals surface area (Å²) in [6, 6.07) is 15.2. The van der Waals surface area contributed by atoms with Crippen LogP contribution in [0.5, 0.6) is 5.75 Å². The van der Waals surface area contributed by atoms with E-state index in [1.165, 1.54) is 6.21 Å². The van der Waals surface area contributed by atoms with Crippen LogP contribution in [0.4, 0.5) is 27.5 Å². The van der Waals surface area contributed by atoms with Crippen LogP contribution in [0, 0.1) is 5.82 Å². The van der Waals surface area contributed by atoms with Crippen LogP contribution in [0.2, 0.25) is 5.02 Å². The fourth-order valence-electron chi connectivity index (χ4n) is 4.05. The van der Waals surface area contributed by atoms with Gasteiger partial charge in [0.2, 0.25) is 5.95 Å². The normalized spacial score (nSPS) is 13.4. The van der Waals surface area contributed by atoms with Crippen LogP contribution < -0.4 is 15.6 Å². The summed E-state index contributed by atoms with van der Waals surface area (Å²) in [6.45, 7) is 2.13. The van der Waals surface area contributed by atoms with Gasteiger partial charge in [0.05, 0.1) is 48.2 Å². The van der Waals surface area contributed by atoms with Gasteiger partial charge < -0.3 is 20.1 Å². The number of phenolic OH excluding ortho intramolecular Hbond substituents is 1. The summed E-state index contributed by atoms with van der Waals surface area (Å²) >= 11 is 6.39. The van der Waals surface area contributed by atoms with E-state index in [9.17, 15) is 14.3 Å². The Morgan fingerprint density at radius 1 is 1.10 bits per heavy atom. The number of ether oxygens (including phenoxy) is 1. The summed E-state index contributed by atoms with van der Waals surface area (Å²) in [6.07, 6.45) is 4.36. The summed E-state index contributed by atoms with van der Waals surface area (Å²) in [5, 5.41) is 17.2. The first kappa shape index (κ1) is 27.0. The van der Waals surface area contributed by atoms with E-state index in [4.69, 9.17) is 16.3 Å². The number of Topliss-reactive ketones (excluding diaryl/α,β-unsaturated/α-hetero) is 1. The Labute approximate surface area is 234 Å². The van der Waals surface area contributed by atoms with E-state index >= 15 is 0 Å². The van der Waals surface area contributed by atoms with Gasteiger partial charge in [0.15, 0.2) is 17.4 Å². The number of hydrogen-bond acceptors (Lipinski definition) is 10. The lowest BCUT2D eigenvalue weighted by Crippen LogP contribution is -2.37. The van der Waals surface area contributed by atoms with E-state index in [2.05, 4.69) is 30.8 Å². The van der Waals surface area contributed by atoms with Crippen molar-refractivity contribution in [1.82, 2.24) is 15.0 Å². The number of benzene rings is 2. The van der Waals surface area contributed by atoms with Crippen LogP contribution in [-0.2, 0) is 11.2 Å². The first-order valence-electron chi connectivity index (χ1n) is 12.4. The lowest BCUT2D eigenvalue weighted by atomic mass is 10.0. The van der Waals surface area contributed by atoms with Crippen LogP contribution >= 0.6 is 11.6 Å². The molecule has 4 aromatic rings. The Bertz CT molecular complexity index is 1530. The van der Waals surface area contributed by atoms with Gasteiger partial charge in [-0.05, 0) is 48.0 Å². The molecule has 1 fully saturated rings. The SMILES string of the molecule is O=C(Cc1cccc(O)c1)c1ccc(Nc2ccc(/C=N/Nc3ncc(F)c(N4CCOCC4)n3)nc2)cc1Cl. The van der Waals surface area contributed by atoms with Crippen LogP contribution in [0.15, 0.2) is 72.1 Å². The minimum atomic E-state index is -0.503. The molecule has 3 N–H and O–H groups in total. The summed E-state index contributed by atoms with van der Waals surface area (Å²) in [5.74, 6) is -0.170. The highest BCUT2D eigenvalue weighted by Crippen LogP contribution is 2.25. The topological polar surface area (TPSA) is 125 Å². The standard InChI is InChI=1S/C28H25ClFN7O3/c29-24-14-19(6-7-23(24)26(39)13-18-2-1-3-22(38)12-18)34-21-5-4-20(31-15-21)16-33-36-28-32-17-25(30)27(35-28)37-8-10-40-11-9-37/h1-7,12,14-17,34,38H,8-11,13H2,(H,32,35,36)/b33-16+. The van der Waals surface area contributed by atoms with Crippen molar-refractivity contribution < 1.29 is 19.0 Å². The van der Waals surface area contributed by atoms with E-state index < -0.39 is 5.82 Å². The maximum absolute atomic E-state index is 14.2. The van der Waals surface area contributed by atoms with Gasteiger partial charge in [-0.3, -0.25) is 9.78 Å². The van der Waals surface area contributed by atoms with E-state index in [1.807, 2.05) is 6.07 Å². The fourth-order valence-corrected chi connectivity index (χ4v) is 4.34. The number of rotatable bonds is 9. The smallest absolute Gasteiger partial charge is 0.245 e. The first-order chi connectivity index (χ1) is 19.4. The second kappa shape index (κ2) is 12.5. The van der Waals surface area contributed by atoms with Crippen molar-refractivity contribution in [2.24, 2.45) is 5.10 Å². The minimum absolute atomic E-state index is 0.109. The highest BCUT2D eigenvalue weighted by Gasteiger charge is 2.18. The predicted molar refractivity (Wildman–Crippen MR) is 151 cm³/mol. The lowest BCUT2D eigenvalue weighted by Gasteiger charge is -2.27. The molecule has 2 aromatic carbocycles. The molecule has 10 nitrogen and oxygen atoms in total. The fraction of sp³-hybridized carbons (Fsp3) is 0.179. The number of nitrogens with zero attached hydrogens (tertiary/aromatic N) is 5. The Hall–Kier alpha value is -4.61. The molecule has 0 atom stereocenters. The lowest BCUT2D eigenvalue weighted by molar-refractivity contribution is 0.0993. The number of carbonyl (C=O) groups excluding carboxylic acids is 1. The number of phenols is 1. The van der Waals surface area contributed by atoms with Gasteiger partial charge in [-0.1, -0.05) is 23.7 Å². The Kier molecular flexibility index (Phi) is 8.43. The maximum atomic E-state index is 14.2. The molecule has 12 heteroatoms. The van der Waals surface area contributed by atoms with Crippen LogP contribution in [0.25, 0.3) is 0 Å². The minimum Gasteiger partial charge on any atom is -0.508 e. The zero-order valence-electron chi connectivity index (χ0n) is 21.2. The molecule has 204 valence electrons. The van der Waals surface area contributed by atoms with Gasteiger partial charge in [-0.25, -0.2) is 14.8 Å². The average Bonchev–Trinajstić information content (AvgIpc) is 2.95. The van der Waals surface area contributed by atoms with Crippen LogP contribution in [-0.4, -0.2) is 58.4 Å². The molecule has 1 saturated heterocycles.